The maximum atomic E-state index is 5.90. The van der Waals surface area contributed by atoms with Crippen LogP contribution in [0.3, 0.4) is 0 Å². The zero-order valence-electron chi connectivity index (χ0n) is 31.5. The Kier molecular flexibility index (Phi) is 23.9. The van der Waals surface area contributed by atoms with Crippen molar-refractivity contribution in [3.8, 4) is 0 Å². The fourth-order valence-electron chi connectivity index (χ4n) is 3.43. The quantitative estimate of drug-likeness (QED) is 0.264. The molecule has 0 unspecified atom stereocenters. The third kappa shape index (κ3) is 124. The van der Waals surface area contributed by atoms with Crippen LogP contribution >= 0.6 is 0 Å². The van der Waals surface area contributed by atoms with Crippen LogP contribution in [0.4, 0.5) is 0 Å². The Hall–Kier alpha value is 1.66. The van der Waals surface area contributed by atoms with Gasteiger partial charge in [0, 0.05) is 32.3 Å². The smallest absolute Gasteiger partial charge is 0.170 e. The van der Waals surface area contributed by atoms with Crippen LogP contribution in [0.25, 0.3) is 0 Å². The van der Waals surface area contributed by atoms with E-state index in [0.29, 0.717) is 0 Å². The van der Waals surface area contributed by atoms with Crippen LogP contribution in [0, 0.1) is 0 Å². The van der Waals surface area contributed by atoms with Crippen molar-refractivity contribution in [1.29, 1.82) is 0 Å². The van der Waals surface area contributed by atoms with Crippen molar-refractivity contribution in [1.82, 2.24) is 0 Å². The van der Waals surface area contributed by atoms with Gasteiger partial charge in [0.2, 0.25) is 0 Å². The first-order valence-corrected chi connectivity index (χ1v) is 43.6. The van der Waals surface area contributed by atoms with Gasteiger partial charge in [0.05, 0.1) is 0 Å². The molecular formula is C27H80O2Si8. The van der Waals surface area contributed by atoms with Gasteiger partial charge in [-0.1, -0.05) is 97.3 Å². The molecule has 0 amide bonds. The van der Waals surface area contributed by atoms with Crippen molar-refractivity contribution < 1.29 is 8.23 Å². The Bertz CT molecular complexity index is 419. The lowest BCUT2D eigenvalue weighted by molar-refractivity contribution is 0.558. The van der Waals surface area contributed by atoms with E-state index < -0.39 is 65.6 Å². The predicted octanol–water partition coefficient (Wildman–Crippen LogP) is 12.5. The van der Waals surface area contributed by atoms with Crippen LogP contribution in [0.5, 0.6) is 0 Å². The second-order valence-corrected chi connectivity index (χ2v) is 62.1. The summed E-state index contributed by atoms with van der Waals surface area (Å²) >= 11 is 0. The molecule has 0 atom stereocenters. The van der Waals surface area contributed by atoms with Crippen molar-refractivity contribution in [2.75, 3.05) is 0 Å². The molecule has 10 heteroatoms. The molecule has 0 bridgehead atoms. The molecule has 0 rings (SSSR count). The van der Waals surface area contributed by atoms with Crippen LogP contribution in [0.2, 0.25) is 176 Å². The second kappa shape index (κ2) is 18.2. The molecule has 0 saturated carbocycles. The van der Waals surface area contributed by atoms with Crippen LogP contribution < -0.4 is 0 Å². The second-order valence-electron chi connectivity index (χ2n) is 20.0. The molecular weight excluding hydrogens is 581 g/mol. The Labute approximate surface area is 248 Å². The van der Waals surface area contributed by atoms with Gasteiger partial charge in [0.25, 0.3) is 0 Å². The van der Waals surface area contributed by atoms with E-state index in [1.807, 2.05) is 0 Å². The minimum atomic E-state index is -1.23. The van der Waals surface area contributed by atoms with Gasteiger partial charge in [0.1, 0.15) is 0 Å². The number of hydrogen-bond donors (Lipinski definition) is 0. The van der Waals surface area contributed by atoms with Gasteiger partial charge in [-0.2, -0.15) is 0 Å². The van der Waals surface area contributed by atoms with E-state index in [4.69, 9.17) is 8.23 Å². The zero-order valence-corrected chi connectivity index (χ0v) is 39.5. The standard InChI is InChI=1S/C7H20Si2.2C6H18OSi2.2C4H12Si/c3*1-8(2,3)7-9(4,5)6;2*1-5(2,3)4/h7H2,1-6H3;2*1-6H3;2*1-4H3. The summed E-state index contributed by atoms with van der Waals surface area (Å²) in [4.78, 5) is 0. The maximum Gasteiger partial charge on any atom is 0.170 e. The van der Waals surface area contributed by atoms with Gasteiger partial charge in [-0.05, 0) is 78.6 Å². The van der Waals surface area contributed by atoms with Gasteiger partial charge >= 0.3 is 0 Å². The molecule has 0 aliphatic heterocycles. The van der Waals surface area contributed by atoms with E-state index in [1.54, 1.807) is 5.67 Å². The molecule has 37 heavy (non-hydrogen) atoms. The van der Waals surface area contributed by atoms with E-state index in [-0.39, 0.29) is 0 Å². The third-order valence-electron chi connectivity index (χ3n) is 2.29. The fourth-order valence-corrected chi connectivity index (χ4v) is 30.9. The summed E-state index contributed by atoms with van der Waals surface area (Å²) in [6.07, 6.45) is 0. The van der Waals surface area contributed by atoms with Gasteiger partial charge < -0.3 is 8.23 Å². The normalized spacial score (nSPS) is 13.5. The molecule has 2 nitrogen and oxygen atoms in total. The summed E-state index contributed by atoms with van der Waals surface area (Å²) in [5, 5.41) is 0. The minimum absolute atomic E-state index is 0.611. The van der Waals surface area contributed by atoms with Crippen molar-refractivity contribution in [2.24, 2.45) is 0 Å². The highest BCUT2D eigenvalue weighted by Crippen LogP contribution is 2.18. The van der Waals surface area contributed by atoms with Crippen molar-refractivity contribution in [2.45, 2.75) is 176 Å². The number of rotatable bonds is 6. The highest BCUT2D eigenvalue weighted by molar-refractivity contribution is 6.94. The summed E-state index contributed by atoms with van der Waals surface area (Å²) in [7, 11) is -7.61. The largest absolute Gasteiger partial charge is 0.456 e. The molecule has 0 N–H and O–H groups in total. The number of hydrogen-bond acceptors (Lipinski definition) is 2. The Balaban J connectivity index is -0.000000118. The van der Waals surface area contributed by atoms with Crippen LogP contribution in [-0.4, -0.2) is 65.6 Å². The lowest BCUT2D eigenvalue weighted by atomic mass is 11.7. The Morgan fingerprint density at radius 3 is 0.378 bits per heavy atom. The van der Waals surface area contributed by atoms with E-state index in [1.165, 1.54) is 0 Å². The first-order chi connectivity index (χ1) is 15.1. The Morgan fingerprint density at radius 1 is 0.270 bits per heavy atom. The predicted molar refractivity (Wildman–Crippen MR) is 205 cm³/mol. The summed E-state index contributed by atoms with van der Waals surface area (Å²) in [6.45, 7) is 60.3. The van der Waals surface area contributed by atoms with Crippen LogP contribution in [-0.2, 0) is 8.23 Å². The summed E-state index contributed by atoms with van der Waals surface area (Å²) in [5.74, 6) is 0. The van der Waals surface area contributed by atoms with Gasteiger partial charge in [-0.15, -0.1) is 0 Å². The third-order valence-corrected chi connectivity index (χ3v) is 20.6. The molecule has 232 valence electrons. The highest BCUT2D eigenvalue weighted by atomic mass is 28.4. The molecule has 0 aromatic rings. The average molecular weight is 662 g/mol. The summed E-state index contributed by atoms with van der Waals surface area (Å²) in [5.41, 5.74) is 1.57. The van der Waals surface area contributed by atoms with Crippen LogP contribution in [0.1, 0.15) is 0 Å². The summed E-state index contributed by atoms with van der Waals surface area (Å²) in [6, 6.07) is 0. The maximum absolute atomic E-state index is 5.90. The lowest BCUT2D eigenvalue weighted by Crippen LogP contribution is -2.39. The Morgan fingerprint density at radius 2 is 0.378 bits per heavy atom. The molecule has 0 aliphatic carbocycles. The van der Waals surface area contributed by atoms with E-state index >= 15 is 0 Å². The molecule has 0 spiro atoms. The molecule has 0 fully saturated rings. The molecule has 0 heterocycles. The lowest BCUT2D eigenvalue weighted by Gasteiger charge is -2.27. The van der Waals surface area contributed by atoms with Gasteiger partial charge in [-0.3, -0.25) is 0 Å². The van der Waals surface area contributed by atoms with Gasteiger partial charge in [0.15, 0.2) is 33.3 Å². The van der Waals surface area contributed by atoms with Crippen molar-refractivity contribution >= 4 is 65.6 Å². The SMILES string of the molecule is C[Si](C)(C)C.C[Si](C)(C)C.C[Si](C)(C)C[Si](C)(C)C.C[Si](C)(C)O[Si](C)(C)C.C[Si](C)(C)O[Si](C)(C)C. The topological polar surface area (TPSA) is 18.5 Å². The van der Waals surface area contributed by atoms with E-state index in [0.717, 1.165) is 0 Å². The first-order valence-electron chi connectivity index (χ1n) is 14.5. The zero-order chi connectivity index (χ0) is 32.1. The van der Waals surface area contributed by atoms with Crippen molar-refractivity contribution in [3.05, 3.63) is 0 Å². The van der Waals surface area contributed by atoms with Gasteiger partial charge in [-0.25, -0.2) is 0 Å². The van der Waals surface area contributed by atoms with Crippen molar-refractivity contribution in [3.63, 3.8) is 0 Å². The molecule has 0 aromatic heterocycles. The molecule has 0 aromatic carbocycles. The van der Waals surface area contributed by atoms with E-state index in [9.17, 15) is 0 Å². The summed E-state index contributed by atoms with van der Waals surface area (Å²) < 4.78 is 11.8. The fraction of sp³-hybridized carbons (Fsp3) is 1.00. The monoisotopic (exact) mass is 660 g/mol. The first kappa shape index (κ1) is 48.4. The molecule has 0 radical (unpaired) electrons. The van der Waals surface area contributed by atoms with E-state index in [2.05, 4.69) is 170 Å². The average Bonchev–Trinajstić information content (AvgIpc) is 2.18. The van der Waals surface area contributed by atoms with Crippen LogP contribution in [0.15, 0.2) is 0 Å². The molecule has 0 aliphatic rings. The highest BCUT2D eigenvalue weighted by Gasteiger charge is 2.25. The minimum Gasteiger partial charge on any atom is -0.456 e. The molecule has 0 saturated heterocycles.